The van der Waals surface area contributed by atoms with Gasteiger partial charge in [0.2, 0.25) is 0 Å². The summed E-state index contributed by atoms with van der Waals surface area (Å²) in [6.07, 6.45) is -0.574. The van der Waals surface area contributed by atoms with Gasteiger partial charge in [0, 0.05) is 13.1 Å². The molecular formula is C6H8F2N. The van der Waals surface area contributed by atoms with Gasteiger partial charge in [-0.2, -0.15) is 8.78 Å². The first-order valence-corrected chi connectivity index (χ1v) is 2.97. The molecule has 1 nitrogen and oxygen atoms in total. The largest absolute Gasteiger partial charge is 0.269 e. The lowest BCUT2D eigenvalue weighted by atomic mass is 10.1. The fourth-order valence-electron chi connectivity index (χ4n) is 0.854. The van der Waals surface area contributed by atoms with Crippen molar-refractivity contribution in [1.29, 1.82) is 0 Å². The maximum absolute atomic E-state index is 11.8. The summed E-state index contributed by atoms with van der Waals surface area (Å²) in [5.41, 5.74) is 0.296. The fourth-order valence-corrected chi connectivity index (χ4v) is 0.854. The van der Waals surface area contributed by atoms with Crippen molar-refractivity contribution in [2.45, 2.75) is 12.8 Å². The zero-order valence-corrected chi connectivity index (χ0v) is 5.03. The predicted octanol–water partition coefficient (Wildman–Crippen LogP) is 1.54. The van der Waals surface area contributed by atoms with Crippen LogP contribution in [0.3, 0.4) is 0 Å². The summed E-state index contributed by atoms with van der Waals surface area (Å²) in [5.74, 6) is 0. The van der Waals surface area contributed by atoms with Crippen LogP contribution in [0, 0.1) is 0 Å². The highest BCUT2D eigenvalue weighted by atomic mass is 19.3. The normalized spacial score (nSPS) is 20.0. The van der Waals surface area contributed by atoms with E-state index in [4.69, 9.17) is 0 Å². The van der Waals surface area contributed by atoms with Crippen molar-refractivity contribution in [1.82, 2.24) is 5.32 Å². The number of halogens is 2. The van der Waals surface area contributed by atoms with Crippen molar-refractivity contribution in [2.75, 3.05) is 13.1 Å². The average molecular weight is 132 g/mol. The van der Waals surface area contributed by atoms with Gasteiger partial charge in [0.25, 0.3) is 6.08 Å². The minimum atomic E-state index is -1.50. The fraction of sp³-hybridized carbons (Fsp3) is 0.667. The van der Waals surface area contributed by atoms with Gasteiger partial charge in [0.05, 0.1) is 0 Å². The average Bonchev–Trinajstić information content (AvgIpc) is 1.90. The Bertz CT molecular complexity index is 119. The second-order valence-corrected chi connectivity index (χ2v) is 2.03. The first kappa shape index (κ1) is 6.68. The van der Waals surface area contributed by atoms with E-state index < -0.39 is 6.08 Å². The van der Waals surface area contributed by atoms with Crippen molar-refractivity contribution in [3.63, 3.8) is 0 Å². The summed E-state index contributed by atoms with van der Waals surface area (Å²) in [6.45, 7) is 1.15. The van der Waals surface area contributed by atoms with E-state index in [1.165, 1.54) is 0 Å². The number of rotatable bonds is 0. The highest BCUT2D eigenvalue weighted by Crippen LogP contribution is 2.17. The standard InChI is InChI=1S/C6H8F2N/c7-6(8)5-1-3-9-4-2-5/h1-4H2. The molecule has 1 aliphatic rings. The molecule has 1 radical (unpaired) electrons. The number of hydrogen-bond donors (Lipinski definition) is 0. The Balaban J connectivity index is 2.49. The van der Waals surface area contributed by atoms with E-state index in [-0.39, 0.29) is 0 Å². The van der Waals surface area contributed by atoms with Gasteiger partial charge in [-0.05, 0) is 18.4 Å². The molecule has 0 saturated carbocycles. The molecule has 0 aromatic rings. The van der Waals surface area contributed by atoms with Crippen molar-refractivity contribution in [3.05, 3.63) is 11.7 Å². The van der Waals surface area contributed by atoms with E-state index in [1.54, 1.807) is 0 Å². The molecule has 0 atom stereocenters. The number of piperidine rings is 1. The molecule has 1 saturated heterocycles. The van der Waals surface area contributed by atoms with Gasteiger partial charge in [-0.3, -0.25) is 0 Å². The Labute approximate surface area is 52.7 Å². The van der Waals surface area contributed by atoms with E-state index in [1.807, 2.05) is 0 Å². The summed E-state index contributed by atoms with van der Waals surface area (Å²) in [6, 6.07) is 0. The molecule has 0 spiro atoms. The molecule has 1 heterocycles. The molecule has 1 aliphatic heterocycles. The zero-order chi connectivity index (χ0) is 6.69. The molecule has 51 valence electrons. The third kappa shape index (κ3) is 1.75. The maximum Gasteiger partial charge on any atom is 0.269 e. The molecule has 9 heavy (non-hydrogen) atoms. The second kappa shape index (κ2) is 2.92. The molecular weight excluding hydrogens is 124 g/mol. The Morgan fingerprint density at radius 2 is 1.78 bits per heavy atom. The molecule has 0 aromatic carbocycles. The molecule has 0 bridgehead atoms. The summed E-state index contributed by atoms with van der Waals surface area (Å²) >= 11 is 0. The van der Waals surface area contributed by atoms with E-state index in [2.05, 4.69) is 5.32 Å². The Kier molecular flexibility index (Phi) is 2.16. The smallest absolute Gasteiger partial charge is 0.241 e. The summed E-state index contributed by atoms with van der Waals surface area (Å²) in [7, 11) is 0. The monoisotopic (exact) mass is 132 g/mol. The summed E-state index contributed by atoms with van der Waals surface area (Å²) < 4.78 is 23.5. The Morgan fingerprint density at radius 3 is 2.11 bits per heavy atom. The van der Waals surface area contributed by atoms with Crippen LogP contribution in [-0.4, -0.2) is 13.1 Å². The van der Waals surface area contributed by atoms with Crippen molar-refractivity contribution in [2.24, 2.45) is 0 Å². The van der Waals surface area contributed by atoms with E-state index >= 15 is 0 Å². The maximum atomic E-state index is 11.8. The third-order valence-electron chi connectivity index (χ3n) is 1.41. The first-order chi connectivity index (χ1) is 4.30. The van der Waals surface area contributed by atoms with Crippen LogP contribution in [-0.2, 0) is 0 Å². The summed E-state index contributed by atoms with van der Waals surface area (Å²) in [5, 5.41) is 3.94. The Hall–Kier alpha value is -0.440. The summed E-state index contributed by atoms with van der Waals surface area (Å²) in [4.78, 5) is 0. The topological polar surface area (TPSA) is 14.1 Å². The van der Waals surface area contributed by atoms with Gasteiger partial charge in [0.1, 0.15) is 0 Å². The SMILES string of the molecule is FC(F)=C1CC[N]CC1. The number of hydrogen-bond acceptors (Lipinski definition) is 0. The van der Waals surface area contributed by atoms with Gasteiger partial charge in [-0.15, -0.1) is 0 Å². The second-order valence-electron chi connectivity index (χ2n) is 2.03. The molecule has 1 fully saturated rings. The molecule has 0 unspecified atom stereocenters. The van der Waals surface area contributed by atoms with Gasteiger partial charge in [-0.25, -0.2) is 5.32 Å². The molecule has 3 heteroatoms. The quantitative estimate of drug-likeness (QED) is 0.474. The highest BCUT2D eigenvalue weighted by molar-refractivity contribution is 5.05. The zero-order valence-electron chi connectivity index (χ0n) is 5.03. The highest BCUT2D eigenvalue weighted by Gasteiger charge is 2.10. The van der Waals surface area contributed by atoms with Crippen LogP contribution in [0.5, 0.6) is 0 Å². The Morgan fingerprint density at radius 1 is 1.22 bits per heavy atom. The van der Waals surface area contributed by atoms with Crippen molar-refractivity contribution < 1.29 is 8.78 Å². The van der Waals surface area contributed by atoms with Crippen LogP contribution in [0.2, 0.25) is 0 Å². The van der Waals surface area contributed by atoms with Crippen LogP contribution in [0.25, 0.3) is 0 Å². The first-order valence-electron chi connectivity index (χ1n) is 2.97. The minimum absolute atomic E-state index is 0.296. The van der Waals surface area contributed by atoms with Crippen LogP contribution in [0.1, 0.15) is 12.8 Å². The van der Waals surface area contributed by atoms with Gasteiger partial charge in [0.15, 0.2) is 0 Å². The van der Waals surface area contributed by atoms with Crippen LogP contribution in [0.4, 0.5) is 8.78 Å². The van der Waals surface area contributed by atoms with E-state index in [0.717, 1.165) is 0 Å². The molecule has 1 rings (SSSR count). The molecule has 0 aliphatic carbocycles. The van der Waals surface area contributed by atoms with Gasteiger partial charge < -0.3 is 0 Å². The minimum Gasteiger partial charge on any atom is -0.241 e. The van der Waals surface area contributed by atoms with Crippen LogP contribution < -0.4 is 5.32 Å². The molecule has 0 N–H and O–H groups in total. The van der Waals surface area contributed by atoms with Crippen LogP contribution in [0.15, 0.2) is 11.7 Å². The lowest BCUT2D eigenvalue weighted by molar-refractivity contribution is 0.394. The van der Waals surface area contributed by atoms with Crippen molar-refractivity contribution in [3.8, 4) is 0 Å². The van der Waals surface area contributed by atoms with Gasteiger partial charge in [-0.1, -0.05) is 0 Å². The van der Waals surface area contributed by atoms with E-state index in [9.17, 15) is 8.78 Å². The lowest BCUT2D eigenvalue weighted by Crippen LogP contribution is -2.16. The number of nitrogens with zero attached hydrogens (tertiary/aromatic N) is 1. The van der Waals surface area contributed by atoms with Crippen molar-refractivity contribution >= 4 is 0 Å². The van der Waals surface area contributed by atoms with E-state index in [0.29, 0.717) is 31.5 Å². The van der Waals surface area contributed by atoms with Gasteiger partial charge >= 0.3 is 0 Å². The molecule has 0 amide bonds. The van der Waals surface area contributed by atoms with Crippen LogP contribution >= 0.6 is 0 Å². The lowest BCUT2D eigenvalue weighted by Gasteiger charge is -2.11. The third-order valence-corrected chi connectivity index (χ3v) is 1.41. The predicted molar refractivity (Wildman–Crippen MR) is 30.3 cm³/mol. The molecule has 0 aromatic heterocycles.